The molecule has 0 bridgehead atoms. The quantitative estimate of drug-likeness (QED) is 0.762. The summed E-state index contributed by atoms with van der Waals surface area (Å²) in [6, 6.07) is 0. The number of fused-ring (bicyclic) bond motifs is 1. The molecule has 1 heterocycles. The van der Waals surface area contributed by atoms with Gasteiger partial charge in [-0.05, 0) is 5.92 Å². The molecule has 0 spiro atoms. The van der Waals surface area contributed by atoms with Crippen molar-refractivity contribution in [3.8, 4) is 0 Å². The van der Waals surface area contributed by atoms with Crippen molar-refractivity contribution in [2.45, 2.75) is 25.2 Å². The number of carboxylic acid groups (broad SMARTS) is 1. The lowest BCUT2D eigenvalue weighted by Crippen LogP contribution is -2.10. The van der Waals surface area contributed by atoms with Gasteiger partial charge in [-0.3, -0.25) is 0 Å². The molecule has 1 aliphatic carbocycles. The van der Waals surface area contributed by atoms with Crippen LogP contribution in [0.25, 0.3) is 0 Å². The summed E-state index contributed by atoms with van der Waals surface area (Å²) in [7, 11) is 0. The molecule has 3 nitrogen and oxygen atoms in total. The number of aromatic nitrogens is 1. The van der Waals surface area contributed by atoms with E-state index in [1.165, 1.54) is 6.92 Å². The largest absolute Gasteiger partial charge is 0.476 e. The van der Waals surface area contributed by atoms with Crippen molar-refractivity contribution >= 4 is 5.97 Å². The molecule has 15 heavy (non-hydrogen) atoms. The number of H-pyrrole nitrogens is 1. The van der Waals surface area contributed by atoms with E-state index >= 15 is 0 Å². The summed E-state index contributed by atoms with van der Waals surface area (Å²) >= 11 is 0. The lowest BCUT2D eigenvalue weighted by Gasteiger charge is -2.08. The van der Waals surface area contributed by atoms with Gasteiger partial charge in [0.2, 0.25) is 0 Å². The van der Waals surface area contributed by atoms with Gasteiger partial charge in [0, 0.05) is 12.0 Å². The molecule has 1 aromatic rings. The highest BCUT2D eigenvalue weighted by Crippen LogP contribution is 2.49. The van der Waals surface area contributed by atoms with Gasteiger partial charge in [-0.1, -0.05) is 6.92 Å². The Morgan fingerprint density at radius 2 is 2.20 bits per heavy atom. The fourth-order valence-corrected chi connectivity index (χ4v) is 1.98. The first-order valence-electron chi connectivity index (χ1n) is 4.37. The van der Waals surface area contributed by atoms with Gasteiger partial charge in [-0.2, -0.15) is 8.78 Å². The topological polar surface area (TPSA) is 53.1 Å². The lowest BCUT2D eigenvalue weighted by atomic mass is 10.1. The van der Waals surface area contributed by atoms with Gasteiger partial charge in [0.25, 0.3) is 5.92 Å². The zero-order chi connectivity index (χ0) is 11.4. The maximum atomic E-state index is 13.4. The lowest BCUT2D eigenvalue weighted by molar-refractivity contribution is -0.00977. The number of aromatic amines is 1. The number of carbonyl (C=O) groups is 1. The number of hydrogen-bond acceptors (Lipinski definition) is 1. The van der Waals surface area contributed by atoms with Crippen LogP contribution in [-0.2, 0) is 5.92 Å². The summed E-state index contributed by atoms with van der Waals surface area (Å²) in [5.74, 6) is -6.46. The summed E-state index contributed by atoms with van der Waals surface area (Å²) < 4.78 is 39.9. The highest BCUT2D eigenvalue weighted by Gasteiger charge is 2.48. The molecule has 1 aliphatic rings. The van der Waals surface area contributed by atoms with E-state index in [0.29, 0.717) is 0 Å². The first-order valence-corrected chi connectivity index (χ1v) is 4.37. The number of alkyl halides is 2. The van der Waals surface area contributed by atoms with E-state index in [1.807, 2.05) is 4.98 Å². The molecule has 1 atom stereocenters. The van der Waals surface area contributed by atoms with E-state index in [2.05, 4.69) is 0 Å². The molecule has 0 fully saturated rings. The van der Waals surface area contributed by atoms with E-state index in [0.717, 1.165) is 0 Å². The summed E-state index contributed by atoms with van der Waals surface area (Å²) in [6.45, 7) is 1.45. The summed E-state index contributed by atoms with van der Waals surface area (Å²) in [5.41, 5.74) is -1.58. The Morgan fingerprint density at radius 1 is 1.60 bits per heavy atom. The van der Waals surface area contributed by atoms with E-state index in [-0.39, 0.29) is 5.56 Å². The third-order valence-electron chi connectivity index (χ3n) is 2.61. The number of nitrogens with one attached hydrogen (secondary N) is 1. The zero-order valence-electron chi connectivity index (χ0n) is 7.77. The number of halogens is 3. The van der Waals surface area contributed by atoms with Crippen LogP contribution >= 0.6 is 0 Å². The second kappa shape index (κ2) is 2.77. The van der Waals surface area contributed by atoms with Crippen LogP contribution in [0.3, 0.4) is 0 Å². The molecule has 0 saturated heterocycles. The summed E-state index contributed by atoms with van der Waals surface area (Å²) in [4.78, 5) is 12.5. The zero-order valence-corrected chi connectivity index (χ0v) is 7.77. The molecule has 0 saturated carbocycles. The molecule has 0 amide bonds. The highest BCUT2D eigenvalue weighted by atomic mass is 19.3. The Balaban J connectivity index is 2.65. The molecule has 0 aromatic carbocycles. The molecule has 6 heteroatoms. The highest BCUT2D eigenvalue weighted by molar-refractivity contribution is 5.86. The van der Waals surface area contributed by atoms with Crippen LogP contribution in [0.4, 0.5) is 13.2 Å². The smallest absolute Gasteiger partial charge is 0.355 e. The standard InChI is InChI=1S/C9H8F3NO2/c1-3-2-9(11,12)7-4(3)5(10)6(13-7)8(14)15/h3,13H,2H2,1H3,(H,14,15)/t3-/m0/s1. The average molecular weight is 219 g/mol. The molecule has 1 aromatic heterocycles. The minimum absolute atomic E-state index is 0.197. The van der Waals surface area contributed by atoms with E-state index in [9.17, 15) is 18.0 Å². The Morgan fingerprint density at radius 3 is 2.67 bits per heavy atom. The minimum Gasteiger partial charge on any atom is -0.476 e. The third-order valence-corrected chi connectivity index (χ3v) is 2.61. The van der Waals surface area contributed by atoms with Crippen LogP contribution in [0.2, 0.25) is 0 Å². The van der Waals surface area contributed by atoms with E-state index < -0.39 is 41.4 Å². The SMILES string of the molecule is C[C@H]1CC(F)(F)c2[nH]c(C(=O)O)c(F)c21. The monoisotopic (exact) mass is 219 g/mol. The number of rotatable bonds is 1. The Bertz CT molecular complexity index is 439. The fourth-order valence-electron chi connectivity index (χ4n) is 1.98. The van der Waals surface area contributed by atoms with Gasteiger partial charge in [0.15, 0.2) is 11.5 Å². The Kier molecular flexibility index (Phi) is 1.86. The normalized spacial score (nSPS) is 22.8. The van der Waals surface area contributed by atoms with Gasteiger partial charge >= 0.3 is 5.97 Å². The maximum Gasteiger partial charge on any atom is 0.355 e. The van der Waals surface area contributed by atoms with Gasteiger partial charge in [0.1, 0.15) is 0 Å². The van der Waals surface area contributed by atoms with E-state index in [1.54, 1.807) is 0 Å². The van der Waals surface area contributed by atoms with Crippen LogP contribution in [0.15, 0.2) is 0 Å². The molecule has 0 radical (unpaired) electrons. The number of aromatic carboxylic acids is 1. The first-order chi connectivity index (χ1) is 6.84. The molecular weight excluding hydrogens is 211 g/mol. The van der Waals surface area contributed by atoms with Gasteiger partial charge < -0.3 is 10.1 Å². The van der Waals surface area contributed by atoms with Crippen molar-refractivity contribution in [2.24, 2.45) is 0 Å². The van der Waals surface area contributed by atoms with Gasteiger partial charge in [0.05, 0.1) is 5.69 Å². The predicted octanol–water partition coefficient (Wildman–Crippen LogP) is 2.45. The maximum absolute atomic E-state index is 13.4. The third kappa shape index (κ3) is 1.24. The Hall–Kier alpha value is -1.46. The molecule has 2 N–H and O–H groups in total. The van der Waals surface area contributed by atoms with Crippen LogP contribution in [0.1, 0.15) is 41.0 Å². The molecule has 0 aliphatic heterocycles. The van der Waals surface area contributed by atoms with Crippen LogP contribution in [0, 0.1) is 5.82 Å². The Labute approximate surface area is 82.9 Å². The van der Waals surface area contributed by atoms with Crippen LogP contribution in [-0.4, -0.2) is 16.1 Å². The van der Waals surface area contributed by atoms with Crippen LogP contribution < -0.4 is 0 Å². The number of carboxylic acids is 1. The average Bonchev–Trinajstić information content (AvgIpc) is 2.51. The first kappa shape index (κ1) is 10.1. The van der Waals surface area contributed by atoms with Gasteiger partial charge in [-0.25, -0.2) is 9.18 Å². The fraction of sp³-hybridized carbons (Fsp3) is 0.444. The second-order valence-electron chi connectivity index (χ2n) is 3.72. The summed E-state index contributed by atoms with van der Waals surface area (Å²) in [6.07, 6.45) is -0.481. The van der Waals surface area contributed by atoms with Crippen molar-refractivity contribution < 1.29 is 23.1 Å². The summed E-state index contributed by atoms with van der Waals surface area (Å²) in [5, 5.41) is 8.56. The van der Waals surface area contributed by atoms with Crippen molar-refractivity contribution in [2.75, 3.05) is 0 Å². The van der Waals surface area contributed by atoms with Crippen molar-refractivity contribution in [1.29, 1.82) is 0 Å². The minimum atomic E-state index is -3.16. The van der Waals surface area contributed by atoms with Crippen molar-refractivity contribution in [1.82, 2.24) is 4.98 Å². The number of hydrogen-bond donors (Lipinski definition) is 2. The predicted molar refractivity (Wildman–Crippen MR) is 44.6 cm³/mol. The van der Waals surface area contributed by atoms with E-state index in [4.69, 9.17) is 5.11 Å². The van der Waals surface area contributed by atoms with Gasteiger partial charge in [-0.15, -0.1) is 0 Å². The van der Waals surface area contributed by atoms with Crippen LogP contribution in [0.5, 0.6) is 0 Å². The molecule has 0 unspecified atom stereocenters. The second-order valence-corrected chi connectivity index (χ2v) is 3.72. The molecule has 82 valence electrons. The van der Waals surface area contributed by atoms with Crippen molar-refractivity contribution in [3.63, 3.8) is 0 Å². The van der Waals surface area contributed by atoms with Crippen molar-refractivity contribution in [3.05, 3.63) is 22.8 Å². The molecular formula is C9H8F3NO2. The molecule has 2 rings (SSSR count).